The molecule has 0 N–H and O–H groups in total. The molecular formula is C32H64O5Si2. The van der Waals surface area contributed by atoms with Crippen molar-refractivity contribution in [1.29, 1.82) is 0 Å². The molecule has 2 aliphatic heterocycles. The van der Waals surface area contributed by atoms with E-state index in [9.17, 15) is 4.79 Å². The standard InChI is InChI=1S/C32H64O5Si2/c1-13-27(23-33)17-18-28-26(7)30(37-39(14-2,15-3)16-4)22-32(34-28)20-19-24(5)29(35-32)21-25(6)36-38(11,12)31(8,9)10/h23-30H,13-22H2,1-12H3/t24-,25+,26+,27+,28-,29-,30-,32-/m0/s1. The molecule has 2 heterocycles. The summed E-state index contributed by atoms with van der Waals surface area (Å²) in [6.45, 7) is 27.5. The Morgan fingerprint density at radius 1 is 1.03 bits per heavy atom. The van der Waals surface area contributed by atoms with E-state index in [-0.39, 0.29) is 35.4 Å². The molecule has 0 radical (unpaired) electrons. The average molecular weight is 585 g/mol. The number of ether oxygens (including phenoxy) is 2. The molecule has 0 unspecified atom stereocenters. The van der Waals surface area contributed by atoms with Crippen LogP contribution in [0.25, 0.3) is 0 Å². The van der Waals surface area contributed by atoms with Crippen LogP contribution in [0.2, 0.25) is 36.3 Å². The third-order valence-electron chi connectivity index (χ3n) is 10.8. The van der Waals surface area contributed by atoms with Crippen LogP contribution >= 0.6 is 0 Å². The smallest absolute Gasteiger partial charge is 0.192 e. The number of rotatable bonds is 14. The molecule has 0 aromatic carbocycles. The van der Waals surface area contributed by atoms with E-state index in [0.717, 1.165) is 69.4 Å². The highest BCUT2D eigenvalue weighted by atomic mass is 28.4. The maximum atomic E-state index is 11.6. The Bertz CT molecular complexity index is 741. The van der Waals surface area contributed by atoms with Crippen molar-refractivity contribution in [2.75, 3.05) is 0 Å². The van der Waals surface area contributed by atoms with Crippen molar-refractivity contribution in [2.45, 2.75) is 181 Å². The summed E-state index contributed by atoms with van der Waals surface area (Å²) in [6, 6.07) is 3.44. The van der Waals surface area contributed by atoms with E-state index in [1.807, 2.05) is 0 Å². The van der Waals surface area contributed by atoms with Crippen LogP contribution in [-0.4, -0.2) is 53.1 Å². The zero-order chi connectivity index (χ0) is 29.6. The molecule has 230 valence electrons. The average Bonchev–Trinajstić information content (AvgIpc) is 2.87. The van der Waals surface area contributed by atoms with Gasteiger partial charge in [-0.1, -0.05) is 62.3 Å². The Hall–Kier alpha value is -0.0562. The summed E-state index contributed by atoms with van der Waals surface area (Å²) in [5.74, 6) is 0.255. The second-order valence-corrected chi connectivity index (χ2v) is 24.0. The van der Waals surface area contributed by atoms with Gasteiger partial charge in [-0.05, 0) is 81.2 Å². The molecule has 0 aliphatic carbocycles. The fourth-order valence-corrected chi connectivity index (χ4v) is 10.8. The minimum atomic E-state index is -1.85. The summed E-state index contributed by atoms with van der Waals surface area (Å²) in [5, 5.41) is 0.188. The van der Waals surface area contributed by atoms with Crippen LogP contribution in [0.3, 0.4) is 0 Å². The predicted molar refractivity (Wildman–Crippen MR) is 168 cm³/mol. The molecule has 0 bridgehead atoms. The van der Waals surface area contributed by atoms with Gasteiger partial charge >= 0.3 is 0 Å². The zero-order valence-electron chi connectivity index (χ0n) is 27.7. The van der Waals surface area contributed by atoms with Crippen LogP contribution in [-0.2, 0) is 23.1 Å². The number of hydrogen-bond acceptors (Lipinski definition) is 5. The van der Waals surface area contributed by atoms with E-state index < -0.39 is 22.4 Å². The Balaban J connectivity index is 2.28. The van der Waals surface area contributed by atoms with Gasteiger partial charge in [0.2, 0.25) is 0 Å². The molecule has 8 atom stereocenters. The molecular weight excluding hydrogens is 521 g/mol. The fourth-order valence-electron chi connectivity index (χ4n) is 6.36. The monoisotopic (exact) mass is 584 g/mol. The topological polar surface area (TPSA) is 54.0 Å². The SMILES string of the molecule is CC[C@@H](C=O)CC[C@@H]1O[C@]2(CC[C@H](C)[C@H](C[C@@H](C)O[Si](C)(C)C(C)(C)C)O2)C[C@H](O[Si](CC)(CC)CC)[C@@H]1C. The third-order valence-corrected chi connectivity index (χ3v) is 20.0. The Kier molecular flexibility index (Phi) is 13.0. The second-order valence-electron chi connectivity index (χ2n) is 14.5. The molecule has 0 aromatic rings. The molecule has 2 rings (SSSR count). The highest BCUT2D eigenvalue weighted by Crippen LogP contribution is 2.47. The number of aldehydes is 1. The zero-order valence-corrected chi connectivity index (χ0v) is 29.7. The van der Waals surface area contributed by atoms with Gasteiger partial charge in [0.25, 0.3) is 0 Å². The minimum Gasteiger partial charge on any atom is -0.414 e. The molecule has 2 fully saturated rings. The normalized spacial score (nSPS) is 32.3. The van der Waals surface area contributed by atoms with Gasteiger partial charge in [-0.3, -0.25) is 0 Å². The van der Waals surface area contributed by atoms with Crippen molar-refractivity contribution in [1.82, 2.24) is 0 Å². The molecule has 2 aliphatic rings. The van der Waals surface area contributed by atoms with Gasteiger partial charge in [0.1, 0.15) is 6.29 Å². The van der Waals surface area contributed by atoms with Crippen LogP contribution < -0.4 is 0 Å². The molecule has 0 amide bonds. The summed E-state index contributed by atoms with van der Waals surface area (Å²) in [5.41, 5.74) is 0. The highest BCUT2D eigenvalue weighted by molar-refractivity contribution is 6.74. The fraction of sp³-hybridized carbons (Fsp3) is 0.969. The largest absolute Gasteiger partial charge is 0.414 e. The summed E-state index contributed by atoms with van der Waals surface area (Å²) in [4.78, 5) is 11.6. The summed E-state index contributed by atoms with van der Waals surface area (Å²) in [7, 11) is -3.65. The number of hydrogen-bond donors (Lipinski definition) is 0. The quantitative estimate of drug-likeness (QED) is 0.150. The summed E-state index contributed by atoms with van der Waals surface area (Å²) >= 11 is 0. The maximum Gasteiger partial charge on any atom is 0.192 e. The van der Waals surface area contributed by atoms with Crippen molar-refractivity contribution < 1.29 is 23.1 Å². The summed E-state index contributed by atoms with van der Waals surface area (Å²) in [6.07, 6.45) is 7.91. The van der Waals surface area contributed by atoms with Gasteiger partial charge in [0, 0.05) is 30.8 Å². The lowest BCUT2D eigenvalue weighted by molar-refractivity contribution is -0.346. The molecule has 7 heteroatoms. The van der Waals surface area contributed by atoms with Gasteiger partial charge in [0.15, 0.2) is 22.4 Å². The molecule has 39 heavy (non-hydrogen) atoms. The first-order chi connectivity index (χ1) is 18.1. The van der Waals surface area contributed by atoms with Crippen LogP contribution in [0.4, 0.5) is 0 Å². The minimum absolute atomic E-state index is 0.0463. The van der Waals surface area contributed by atoms with E-state index in [1.54, 1.807) is 0 Å². The van der Waals surface area contributed by atoms with Crippen molar-refractivity contribution in [3.8, 4) is 0 Å². The third kappa shape index (κ3) is 8.97. The van der Waals surface area contributed by atoms with E-state index >= 15 is 0 Å². The molecule has 1 spiro atoms. The number of carbonyl (C=O) groups is 1. The van der Waals surface area contributed by atoms with Crippen LogP contribution in [0, 0.1) is 17.8 Å². The number of carbonyl (C=O) groups excluding carboxylic acids is 1. The van der Waals surface area contributed by atoms with Crippen molar-refractivity contribution >= 4 is 22.9 Å². The molecule has 0 aromatic heterocycles. The Labute approximate surface area is 244 Å². The van der Waals surface area contributed by atoms with Crippen LogP contribution in [0.5, 0.6) is 0 Å². The first kappa shape index (κ1) is 35.1. The lowest BCUT2D eigenvalue weighted by Crippen LogP contribution is -2.59. The van der Waals surface area contributed by atoms with Crippen LogP contribution in [0.1, 0.15) is 114 Å². The molecule has 2 saturated heterocycles. The van der Waals surface area contributed by atoms with E-state index in [2.05, 4.69) is 82.3 Å². The lowest BCUT2D eigenvalue weighted by atomic mass is 9.80. The van der Waals surface area contributed by atoms with Crippen LogP contribution in [0.15, 0.2) is 0 Å². The Morgan fingerprint density at radius 2 is 1.62 bits per heavy atom. The second kappa shape index (κ2) is 14.4. The van der Waals surface area contributed by atoms with Gasteiger partial charge < -0.3 is 23.1 Å². The van der Waals surface area contributed by atoms with Crippen molar-refractivity contribution in [2.24, 2.45) is 17.8 Å². The van der Waals surface area contributed by atoms with Gasteiger partial charge in [-0.15, -0.1) is 0 Å². The molecule has 5 nitrogen and oxygen atoms in total. The first-order valence-electron chi connectivity index (χ1n) is 16.3. The van der Waals surface area contributed by atoms with Gasteiger partial charge in [-0.2, -0.15) is 0 Å². The Morgan fingerprint density at radius 3 is 2.13 bits per heavy atom. The van der Waals surface area contributed by atoms with Crippen molar-refractivity contribution in [3.63, 3.8) is 0 Å². The first-order valence-corrected chi connectivity index (χ1v) is 21.7. The van der Waals surface area contributed by atoms with Gasteiger partial charge in [0.05, 0.1) is 18.3 Å². The highest BCUT2D eigenvalue weighted by Gasteiger charge is 2.52. The predicted octanol–water partition coefficient (Wildman–Crippen LogP) is 9.12. The van der Waals surface area contributed by atoms with E-state index in [1.165, 1.54) is 0 Å². The maximum absolute atomic E-state index is 11.6. The van der Waals surface area contributed by atoms with E-state index in [0.29, 0.717) is 11.8 Å². The summed E-state index contributed by atoms with van der Waals surface area (Å²) < 4.78 is 28.0. The molecule has 0 saturated carbocycles. The lowest BCUT2D eigenvalue weighted by Gasteiger charge is -2.53. The van der Waals surface area contributed by atoms with Gasteiger partial charge in [-0.25, -0.2) is 0 Å². The van der Waals surface area contributed by atoms with Crippen molar-refractivity contribution in [3.05, 3.63) is 0 Å². The van der Waals surface area contributed by atoms with E-state index in [4.69, 9.17) is 18.3 Å².